The van der Waals surface area contributed by atoms with Crippen molar-refractivity contribution in [1.82, 2.24) is 24.1 Å². The van der Waals surface area contributed by atoms with E-state index in [1.165, 1.54) is 27.4 Å². The van der Waals surface area contributed by atoms with E-state index in [0.29, 0.717) is 17.6 Å². The second kappa shape index (κ2) is 15.0. The van der Waals surface area contributed by atoms with Crippen LogP contribution in [-0.2, 0) is 5.41 Å². The number of hydrogen-bond acceptors (Lipinski definition) is 4. The Morgan fingerprint density at radius 1 is 0.373 bits per heavy atom. The summed E-state index contributed by atoms with van der Waals surface area (Å²) in [6.07, 6.45) is 0. The van der Waals surface area contributed by atoms with Crippen molar-refractivity contribution in [3.63, 3.8) is 0 Å². The molecule has 13 aromatic rings. The fourth-order valence-corrected chi connectivity index (χ4v) is 10.0. The van der Waals surface area contributed by atoms with E-state index in [2.05, 4.69) is 175 Å². The first-order chi connectivity index (χ1) is 32.8. The van der Waals surface area contributed by atoms with Gasteiger partial charge >= 0.3 is 0 Å². The maximum Gasteiger partial charge on any atom is 0.238 e. The van der Waals surface area contributed by atoms with E-state index in [4.69, 9.17) is 19.4 Å². The summed E-state index contributed by atoms with van der Waals surface area (Å²) < 4.78 is 11.2. The Morgan fingerprint density at radius 2 is 0.910 bits per heavy atom. The van der Waals surface area contributed by atoms with E-state index < -0.39 is 0 Å². The molecule has 0 saturated heterocycles. The van der Waals surface area contributed by atoms with Crippen molar-refractivity contribution in [1.29, 1.82) is 0 Å². The Balaban J connectivity index is 0.964. The molecule has 0 radical (unpaired) electrons. The van der Waals surface area contributed by atoms with Crippen molar-refractivity contribution in [3.8, 4) is 56.7 Å². The van der Waals surface area contributed by atoms with E-state index in [1.54, 1.807) is 0 Å². The van der Waals surface area contributed by atoms with Gasteiger partial charge in [0.15, 0.2) is 11.6 Å². The highest BCUT2D eigenvalue weighted by atomic mass is 16.3. The molecule has 0 saturated carbocycles. The molecule has 0 amide bonds. The lowest BCUT2D eigenvalue weighted by Crippen LogP contribution is -2.10. The number of furan rings is 1. The Kier molecular flexibility index (Phi) is 8.68. The van der Waals surface area contributed by atoms with Gasteiger partial charge in [-0.25, -0.2) is 4.98 Å². The van der Waals surface area contributed by atoms with Crippen molar-refractivity contribution in [2.45, 2.75) is 26.2 Å². The van der Waals surface area contributed by atoms with Gasteiger partial charge in [0.25, 0.3) is 0 Å². The monoisotopic (exact) mass is 861 g/mol. The maximum atomic E-state index is 6.62. The number of nitrogens with zero attached hydrogens (tertiary/aromatic N) is 5. The highest BCUT2D eigenvalue weighted by Crippen LogP contribution is 2.43. The normalized spacial score (nSPS) is 12.1. The van der Waals surface area contributed by atoms with E-state index in [0.717, 1.165) is 82.8 Å². The molecule has 0 fully saturated rings. The van der Waals surface area contributed by atoms with Gasteiger partial charge in [0.2, 0.25) is 5.95 Å². The zero-order valence-corrected chi connectivity index (χ0v) is 37.3. The molecule has 13 rings (SSSR count). The van der Waals surface area contributed by atoms with Crippen molar-refractivity contribution in [3.05, 3.63) is 212 Å². The summed E-state index contributed by atoms with van der Waals surface area (Å²) >= 11 is 0. The average Bonchev–Trinajstić information content (AvgIpc) is 4.03. The van der Waals surface area contributed by atoms with Gasteiger partial charge in [-0.2, -0.15) is 9.97 Å². The van der Waals surface area contributed by atoms with Gasteiger partial charge in [-0.3, -0.25) is 4.57 Å². The van der Waals surface area contributed by atoms with E-state index in [9.17, 15) is 0 Å². The molecule has 6 nitrogen and oxygen atoms in total. The zero-order chi connectivity index (χ0) is 44.8. The molecule has 0 spiro atoms. The number of benzene rings is 9. The van der Waals surface area contributed by atoms with Crippen LogP contribution in [0.15, 0.2) is 211 Å². The summed E-state index contributed by atoms with van der Waals surface area (Å²) in [7, 11) is 0. The minimum Gasteiger partial charge on any atom is -0.456 e. The van der Waals surface area contributed by atoms with Crippen molar-refractivity contribution in [2.24, 2.45) is 0 Å². The van der Waals surface area contributed by atoms with Gasteiger partial charge in [-0.1, -0.05) is 154 Å². The molecule has 6 heteroatoms. The summed E-state index contributed by atoms with van der Waals surface area (Å²) in [6, 6.07) is 73.1. The van der Waals surface area contributed by atoms with E-state index >= 15 is 0 Å². The fraction of sp³-hybridized carbons (Fsp3) is 0.0656. The predicted octanol–water partition coefficient (Wildman–Crippen LogP) is 15.9. The molecule has 4 heterocycles. The molecule has 318 valence electrons. The van der Waals surface area contributed by atoms with Crippen LogP contribution in [0.5, 0.6) is 0 Å². The van der Waals surface area contributed by atoms with Gasteiger partial charge in [0.1, 0.15) is 11.2 Å². The van der Waals surface area contributed by atoms with Crippen LogP contribution in [0.3, 0.4) is 0 Å². The molecule has 0 atom stereocenters. The van der Waals surface area contributed by atoms with Crippen LogP contribution in [0.2, 0.25) is 0 Å². The summed E-state index contributed by atoms with van der Waals surface area (Å²) in [4.78, 5) is 15.2. The average molecular weight is 862 g/mol. The third-order valence-corrected chi connectivity index (χ3v) is 13.3. The molecule has 0 unspecified atom stereocenters. The summed E-state index contributed by atoms with van der Waals surface area (Å²) in [6.45, 7) is 6.85. The second-order valence-corrected chi connectivity index (χ2v) is 18.5. The topological polar surface area (TPSA) is 61.7 Å². The van der Waals surface area contributed by atoms with E-state index in [1.807, 2.05) is 60.7 Å². The SMILES string of the molecule is CC(C)(C)c1ccc2c(c1)c1cc(-c3cccc4oc5ccc(-c6ccc7c(c6)c6ccccc6n7-c6nc(-c7ccccc7)nc(-c7ccccc7)n6)cc5c34)ccc1n2-c1ccccc1. The second-order valence-electron chi connectivity index (χ2n) is 18.5. The van der Waals surface area contributed by atoms with Crippen LogP contribution in [0, 0.1) is 0 Å². The standard InChI is InChI=1S/C61H43N5O/c1-61(2,3)43-29-32-53-49(37-43)48-36-42(27-31-52(48)65(53)44-20-11-6-12-21-44)45-23-15-25-56-57(45)50-35-41(28-33-55(50)67-56)40-26-30-54-47(34-40)46-22-13-14-24-51(46)66(54)60-63-58(38-16-7-4-8-17-38)62-59(64-60)39-18-9-5-10-19-39/h4-37H,1-3H3. The van der Waals surface area contributed by atoms with Gasteiger partial charge in [0, 0.05) is 49.1 Å². The Labute approximate surface area is 387 Å². The molecule has 0 bridgehead atoms. The van der Waals surface area contributed by atoms with Crippen molar-refractivity contribution < 1.29 is 4.42 Å². The summed E-state index contributed by atoms with van der Waals surface area (Å²) in [5.74, 6) is 1.82. The first kappa shape index (κ1) is 38.8. The molecule has 0 aliphatic rings. The predicted molar refractivity (Wildman–Crippen MR) is 276 cm³/mol. The van der Waals surface area contributed by atoms with Crippen LogP contribution in [-0.4, -0.2) is 24.1 Å². The Morgan fingerprint density at radius 3 is 1.61 bits per heavy atom. The number of rotatable bonds is 6. The van der Waals surface area contributed by atoms with Crippen LogP contribution >= 0.6 is 0 Å². The number of hydrogen-bond donors (Lipinski definition) is 0. The summed E-state index contributed by atoms with van der Waals surface area (Å²) in [5.41, 5.74) is 15.0. The van der Waals surface area contributed by atoms with Gasteiger partial charge in [-0.15, -0.1) is 0 Å². The molecule has 0 aliphatic heterocycles. The first-order valence-electron chi connectivity index (χ1n) is 22.8. The molecule has 9 aromatic carbocycles. The molecular weight excluding hydrogens is 819 g/mol. The number of aromatic nitrogens is 5. The maximum absolute atomic E-state index is 6.62. The molecule has 4 aromatic heterocycles. The lowest BCUT2D eigenvalue weighted by molar-refractivity contribution is 0.591. The molecule has 0 N–H and O–H groups in total. The van der Waals surface area contributed by atoms with E-state index in [-0.39, 0.29) is 5.41 Å². The number of para-hydroxylation sites is 2. The zero-order valence-electron chi connectivity index (χ0n) is 37.3. The van der Waals surface area contributed by atoms with Crippen LogP contribution in [0.4, 0.5) is 0 Å². The fourth-order valence-electron chi connectivity index (χ4n) is 10.0. The van der Waals surface area contributed by atoms with Crippen LogP contribution < -0.4 is 0 Å². The van der Waals surface area contributed by atoms with Crippen LogP contribution in [0.25, 0.3) is 122 Å². The molecular formula is C61H43N5O. The molecule has 67 heavy (non-hydrogen) atoms. The smallest absolute Gasteiger partial charge is 0.238 e. The highest BCUT2D eigenvalue weighted by molar-refractivity contribution is 6.16. The quantitative estimate of drug-likeness (QED) is 0.167. The summed E-state index contributed by atoms with van der Waals surface area (Å²) in [5, 5.41) is 6.91. The number of fused-ring (bicyclic) bond motifs is 9. The lowest BCUT2D eigenvalue weighted by Gasteiger charge is -2.19. The lowest BCUT2D eigenvalue weighted by atomic mass is 9.86. The Bertz CT molecular complexity index is 4010. The minimum absolute atomic E-state index is 0.0147. The Hall–Kier alpha value is -8.61. The highest BCUT2D eigenvalue weighted by Gasteiger charge is 2.22. The largest absolute Gasteiger partial charge is 0.456 e. The first-order valence-corrected chi connectivity index (χ1v) is 22.8. The van der Waals surface area contributed by atoms with Crippen molar-refractivity contribution in [2.75, 3.05) is 0 Å². The van der Waals surface area contributed by atoms with Crippen molar-refractivity contribution >= 4 is 65.6 Å². The van der Waals surface area contributed by atoms with Gasteiger partial charge < -0.3 is 8.98 Å². The molecule has 0 aliphatic carbocycles. The van der Waals surface area contributed by atoms with Gasteiger partial charge in [-0.05, 0) is 106 Å². The third-order valence-electron chi connectivity index (χ3n) is 13.3. The minimum atomic E-state index is 0.0147. The third kappa shape index (κ3) is 6.36. The van der Waals surface area contributed by atoms with Crippen LogP contribution in [0.1, 0.15) is 26.3 Å². The van der Waals surface area contributed by atoms with Gasteiger partial charge in [0.05, 0.1) is 22.1 Å².